The third-order valence-corrected chi connectivity index (χ3v) is 6.98. The minimum atomic E-state index is -0.664. The van der Waals surface area contributed by atoms with Crippen LogP contribution in [0.2, 0.25) is 5.02 Å². The van der Waals surface area contributed by atoms with Gasteiger partial charge in [-0.25, -0.2) is 0 Å². The quantitative estimate of drug-likeness (QED) is 0.286. The summed E-state index contributed by atoms with van der Waals surface area (Å²) in [5.74, 6) is -0.198. The molecule has 0 radical (unpaired) electrons. The van der Waals surface area contributed by atoms with Crippen molar-refractivity contribution in [1.82, 2.24) is 0 Å². The highest BCUT2D eigenvalue weighted by Gasteiger charge is 2.36. The van der Waals surface area contributed by atoms with Gasteiger partial charge >= 0.3 is 5.97 Å². The number of carbonyl (C=O) groups excluding carboxylic acids is 3. The molecule has 3 aromatic carbocycles. The van der Waals surface area contributed by atoms with E-state index < -0.39 is 24.4 Å². The van der Waals surface area contributed by atoms with E-state index in [-0.39, 0.29) is 18.9 Å². The number of amides is 2. The highest BCUT2D eigenvalue weighted by atomic mass is 79.9. The second-order valence-corrected chi connectivity index (χ2v) is 10.8. The van der Waals surface area contributed by atoms with Gasteiger partial charge in [0.05, 0.1) is 16.6 Å². The van der Waals surface area contributed by atoms with E-state index in [2.05, 4.69) is 47.2 Å². The van der Waals surface area contributed by atoms with Crippen molar-refractivity contribution in [3.05, 3.63) is 81.3 Å². The zero-order valence-corrected chi connectivity index (χ0v) is 23.6. The van der Waals surface area contributed by atoms with Crippen LogP contribution in [0.5, 0.6) is 11.5 Å². The van der Waals surface area contributed by atoms with E-state index in [9.17, 15) is 14.4 Å². The zero-order chi connectivity index (χ0) is 27.4. The van der Waals surface area contributed by atoms with Crippen LogP contribution in [0, 0.1) is 12.8 Å². The molecule has 1 atom stereocenters. The number of ether oxygens (including phenoxy) is 2. The van der Waals surface area contributed by atoms with Gasteiger partial charge in [0, 0.05) is 23.1 Å². The summed E-state index contributed by atoms with van der Waals surface area (Å²) < 4.78 is 12.1. The maximum Gasteiger partial charge on any atom is 0.311 e. The summed E-state index contributed by atoms with van der Waals surface area (Å²) in [6, 6.07) is 18.4. The predicted octanol–water partition coefficient (Wildman–Crippen LogP) is 6.86. The molecule has 38 heavy (non-hydrogen) atoms. The Bertz CT molecular complexity index is 1360. The summed E-state index contributed by atoms with van der Waals surface area (Å²) in [7, 11) is 0. The van der Waals surface area contributed by atoms with Crippen molar-refractivity contribution < 1.29 is 23.9 Å². The minimum absolute atomic E-state index is 0.0122. The van der Waals surface area contributed by atoms with Crippen LogP contribution < -0.4 is 15.0 Å². The van der Waals surface area contributed by atoms with Gasteiger partial charge in [0.1, 0.15) is 11.5 Å². The molecule has 1 fully saturated rings. The van der Waals surface area contributed by atoms with E-state index in [1.165, 1.54) is 0 Å². The Morgan fingerprint density at radius 1 is 1.11 bits per heavy atom. The highest BCUT2D eigenvalue weighted by Crippen LogP contribution is 2.33. The number of hydrogen-bond donors (Lipinski definition) is 1. The number of rotatable bonds is 8. The smallest absolute Gasteiger partial charge is 0.311 e. The first kappa shape index (κ1) is 27.7. The Hall–Kier alpha value is -3.36. The van der Waals surface area contributed by atoms with Gasteiger partial charge in [-0.15, -0.1) is 0 Å². The van der Waals surface area contributed by atoms with Crippen LogP contribution in [0.1, 0.15) is 37.3 Å². The second-order valence-electron chi connectivity index (χ2n) is 9.48. The molecular weight excluding hydrogens is 572 g/mol. The van der Waals surface area contributed by atoms with Crippen molar-refractivity contribution >= 4 is 56.7 Å². The summed E-state index contributed by atoms with van der Waals surface area (Å²) in [5.41, 5.74) is 3.29. The van der Waals surface area contributed by atoms with Crippen molar-refractivity contribution in [2.45, 2.75) is 33.1 Å². The number of halogens is 2. The lowest BCUT2D eigenvalue weighted by Crippen LogP contribution is -2.28. The Morgan fingerprint density at radius 3 is 2.53 bits per heavy atom. The fourth-order valence-electron chi connectivity index (χ4n) is 4.17. The first-order valence-electron chi connectivity index (χ1n) is 12.2. The molecule has 0 aromatic heterocycles. The SMILES string of the molecule is Cc1ccc(C(C)C)c(Oc2ccc(N3C[C@H](C(=O)OCC(=O)Nc4ccc(Br)cc4Cl)CC3=O)cc2)c1. The van der Waals surface area contributed by atoms with E-state index in [0.717, 1.165) is 21.3 Å². The summed E-state index contributed by atoms with van der Waals surface area (Å²) >= 11 is 9.40. The van der Waals surface area contributed by atoms with Crippen molar-refractivity contribution in [3.8, 4) is 11.5 Å². The zero-order valence-electron chi connectivity index (χ0n) is 21.3. The molecule has 0 bridgehead atoms. The summed E-state index contributed by atoms with van der Waals surface area (Å²) in [6.07, 6.45) is 0.0122. The Balaban J connectivity index is 1.33. The van der Waals surface area contributed by atoms with Gasteiger partial charge in [0.25, 0.3) is 5.91 Å². The third kappa shape index (κ3) is 6.74. The second kappa shape index (κ2) is 12.0. The average molecular weight is 600 g/mol. The maximum atomic E-state index is 12.7. The van der Waals surface area contributed by atoms with Crippen molar-refractivity contribution in [3.63, 3.8) is 0 Å². The van der Waals surface area contributed by atoms with E-state index >= 15 is 0 Å². The third-order valence-electron chi connectivity index (χ3n) is 6.18. The van der Waals surface area contributed by atoms with Gasteiger partial charge < -0.3 is 19.7 Å². The van der Waals surface area contributed by atoms with Crippen molar-refractivity contribution in [2.75, 3.05) is 23.4 Å². The van der Waals surface area contributed by atoms with Crippen molar-refractivity contribution in [1.29, 1.82) is 0 Å². The Labute approximate surface area is 235 Å². The van der Waals surface area contributed by atoms with Crippen LogP contribution in [0.25, 0.3) is 0 Å². The maximum absolute atomic E-state index is 12.7. The number of carbonyl (C=O) groups is 3. The molecule has 1 heterocycles. The molecule has 0 spiro atoms. The molecule has 1 N–H and O–H groups in total. The molecule has 0 aliphatic carbocycles. The first-order valence-corrected chi connectivity index (χ1v) is 13.4. The highest BCUT2D eigenvalue weighted by molar-refractivity contribution is 9.10. The van der Waals surface area contributed by atoms with E-state index in [4.69, 9.17) is 21.1 Å². The number of nitrogens with zero attached hydrogens (tertiary/aromatic N) is 1. The van der Waals surface area contributed by atoms with Gasteiger partial charge in [0.15, 0.2) is 6.61 Å². The van der Waals surface area contributed by atoms with Crippen LogP contribution in [0.15, 0.2) is 65.1 Å². The number of benzene rings is 3. The van der Waals surface area contributed by atoms with Gasteiger partial charge in [-0.3, -0.25) is 14.4 Å². The molecule has 2 amide bonds. The van der Waals surface area contributed by atoms with Gasteiger partial charge in [0.2, 0.25) is 5.91 Å². The molecule has 198 valence electrons. The molecule has 1 aliphatic heterocycles. The normalized spacial score (nSPS) is 15.1. The van der Waals surface area contributed by atoms with E-state index in [1.807, 2.05) is 13.0 Å². The number of esters is 1. The fourth-order valence-corrected chi connectivity index (χ4v) is 4.90. The monoisotopic (exact) mass is 598 g/mol. The van der Waals surface area contributed by atoms with E-state index in [0.29, 0.717) is 28.1 Å². The van der Waals surface area contributed by atoms with Gasteiger partial charge in [-0.1, -0.05) is 53.5 Å². The lowest BCUT2D eigenvalue weighted by atomic mass is 10.0. The lowest BCUT2D eigenvalue weighted by Gasteiger charge is -2.18. The molecule has 3 aromatic rings. The van der Waals surface area contributed by atoms with Crippen LogP contribution in [0.4, 0.5) is 11.4 Å². The Kier molecular flexibility index (Phi) is 8.74. The van der Waals surface area contributed by atoms with Crippen molar-refractivity contribution in [2.24, 2.45) is 5.92 Å². The van der Waals surface area contributed by atoms with E-state index in [1.54, 1.807) is 47.4 Å². The standard InChI is InChI=1S/C29H28BrClN2O5/c1-17(2)23-10-4-18(3)12-26(23)38-22-8-6-21(7-9-22)33-15-19(13-28(33)35)29(36)37-16-27(34)32-25-11-5-20(30)14-24(25)31/h4-12,14,17,19H,13,15-16H2,1-3H3,(H,32,34)/t19-/m1/s1. The molecule has 4 rings (SSSR count). The molecule has 1 aliphatic rings. The number of anilines is 2. The minimum Gasteiger partial charge on any atom is -0.457 e. The number of aryl methyl sites for hydroxylation is 1. The molecule has 0 unspecified atom stereocenters. The van der Waals surface area contributed by atoms with Crippen LogP contribution in [0.3, 0.4) is 0 Å². The molecule has 1 saturated heterocycles. The first-order chi connectivity index (χ1) is 18.1. The van der Waals surface area contributed by atoms with Gasteiger partial charge in [-0.2, -0.15) is 0 Å². The summed E-state index contributed by atoms with van der Waals surface area (Å²) in [6.45, 7) is 5.95. The largest absolute Gasteiger partial charge is 0.457 e. The summed E-state index contributed by atoms with van der Waals surface area (Å²) in [5, 5.41) is 2.96. The molecular formula is C29H28BrClN2O5. The number of hydrogen-bond acceptors (Lipinski definition) is 5. The molecule has 0 saturated carbocycles. The fraction of sp³-hybridized carbons (Fsp3) is 0.276. The predicted molar refractivity (Wildman–Crippen MR) is 151 cm³/mol. The molecule has 9 heteroatoms. The lowest BCUT2D eigenvalue weighted by molar-refractivity contribution is -0.151. The molecule has 7 nitrogen and oxygen atoms in total. The average Bonchev–Trinajstić information content (AvgIpc) is 3.26. The summed E-state index contributed by atoms with van der Waals surface area (Å²) in [4.78, 5) is 39.0. The van der Waals surface area contributed by atoms with Crippen LogP contribution >= 0.6 is 27.5 Å². The van der Waals surface area contributed by atoms with Crippen LogP contribution in [-0.4, -0.2) is 30.9 Å². The van der Waals surface area contributed by atoms with Gasteiger partial charge in [-0.05, 0) is 72.5 Å². The Morgan fingerprint density at radius 2 is 1.84 bits per heavy atom. The topological polar surface area (TPSA) is 84.9 Å². The van der Waals surface area contributed by atoms with Crippen LogP contribution in [-0.2, 0) is 19.1 Å². The number of nitrogens with one attached hydrogen (secondary N) is 1.